The topological polar surface area (TPSA) is 11.4 Å². The van der Waals surface area contributed by atoms with Crippen LogP contribution in [0.1, 0.15) is 86.5 Å². The third-order valence-corrected chi connectivity index (χ3v) is 28.4. The van der Waals surface area contributed by atoms with Crippen molar-refractivity contribution in [3.05, 3.63) is 271 Å². The SMILES string of the molecule is c1ccc([Si](c2ccccc2)(c2ccccc2)c2cccc(-n3c4ccc(N5c6ccccc6C6(c7ccccc75)C5CC7CC(C5)CC6C7)cc4c4cc(N5c6ccccc6C6(c7ccccc75)C5CC7CC(C5)CC6C7)ccc43)c2)cc1. The largest absolute Gasteiger partial charge is 0.310 e. The van der Waals surface area contributed by atoms with E-state index < -0.39 is 8.07 Å². The minimum absolute atomic E-state index is 0.0468. The zero-order valence-corrected chi connectivity index (χ0v) is 48.7. The molecule has 1 aromatic heterocycles. The molecule has 8 aliphatic carbocycles. The molecule has 3 heterocycles. The van der Waals surface area contributed by atoms with Crippen molar-refractivity contribution in [3.63, 3.8) is 0 Å². The van der Waals surface area contributed by atoms with Crippen LogP contribution in [0.2, 0.25) is 0 Å². The number of para-hydroxylation sites is 4. The summed E-state index contributed by atoms with van der Waals surface area (Å²) >= 11 is 0. The molecule has 2 spiro atoms. The monoisotopic (exact) mass is 1100 g/mol. The molecular formula is C80H69N3Si. The van der Waals surface area contributed by atoms with E-state index in [1.807, 2.05) is 0 Å². The smallest absolute Gasteiger partial charge is 0.179 e. The first kappa shape index (κ1) is 48.2. The highest BCUT2D eigenvalue weighted by Crippen LogP contribution is 2.71. The van der Waals surface area contributed by atoms with Gasteiger partial charge in [-0.15, -0.1) is 0 Å². The summed E-state index contributed by atoms with van der Waals surface area (Å²) in [5, 5.41) is 8.05. The average molecular weight is 1100 g/mol. The first-order chi connectivity index (χ1) is 41.6. The van der Waals surface area contributed by atoms with Crippen LogP contribution < -0.4 is 30.5 Å². The van der Waals surface area contributed by atoms with E-state index in [4.69, 9.17) is 0 Å². The van der Waals surface area contributed by atoms with Gasteiger partial charge in [0, 0.05) is 38.7 Å². The molecule has 0 radical (unpaired) electrons. The van der Waals surface area contributed by atoms with Gasteiger partial charge in [-0.2, -0.15) is 0 Å². The van der Waals surface area contributed by atoms with E-state index in [0.29, 0.717) is 23.7 Å². The fraction of sp³-hybridized carbons (Fsp3) is 0.250. The summed E-state index contributed by atoms with van der Waals surface area (Å²) in [7, 11) is -2.86. The third kappa shape index (κ3) is 6.37. The Kier molecular flexibility index (Phi) is 10.3. The number of anilines is 6. The van der Waals surface area contributed by atoms with Crippen LogP contribution in [-0.2, 0) is 10.8 Å². The number of benzene rings is 10. The Bertz CT molecular complexity index is 3990. The third-order valence-electron chi connectivity index (χ3n) is 23.6. The van der Waals surface area contributed by atoms with Gasteiger partial charge in [-0.05, 0) is 227 Å². The Hall–Kier alpha value is -8.18. The maximum absolute atomic E-state index is 2.86. The van der Waals surface area contributed by atoms with Gasteiger partial charge in [0.2, 0.25) is 0 Å². The van der Waals surface area contributed by atoms with E-state index in [1.54, 1.807) is 22.3 Å². The lowest BCUT2D eigenvalue weighted by molar-refractivity contribution is -0.0419. The molecule has 0 amide bonds. The van der Waals surface area contributed by atoms with E-state index in [1.165, 1.54) is 147 Å². The Morgan fingerprint density at radius 2 is 0.595 bits per heavy atom. The van der Waals surface area contributed by atoms with E-state index >= 15 is 0 Å². The molecule has 10 aromatic carbocycles. The van der Waals surface area contributed by atoms with E-state index in [9.17, 15) is 0 Å². The number of rotatable bonds is 7. The molecule has 0 N–H and O–H groups in total. The molecular weight excluding hydrogens is 1030 g/mol. The number of fused-ring (bicyclic) bond motifs is 7. The fourth-order valence-corrected chi connectivity index (χ4v) is 26.1. The number of hydrogen-bond acceptors (Lipinski definition) is 2. The van der Waals surface area contributed by atoms with Crippen LogP contribution in [0.4, 0.5) is 34.1 Å². The van der Waals surface area contributed by atoms with Crippen LogP contribution in [0.25, 0.3) is 27.5 Å². The second-order valence-electron chi connectivity index (χ2n) is 27.2. The predicted molar refractivity (Wildman–Crippen MR) is 349 cm³/mol. The van der Waals surface area contributed by atoms with E-state index in [0.717, 1.165) is 23.7 Å². The summed E-state index contributed by atoms with van der Waals surface area (Å²) in [4.78, 5) is 5.32. The van der Waals surface area contributed by atoms with Crippen molar-refractivity contribution in [2.24, 2.45) is 47.3 Å². The Balaban J connectivity index is 0.845. The number of hydrogen-bond donors (Lipinski definition) is 0. The lowest BCUT2D eigenvalue weighted by atomic mass is 9.41. The molecule has 10 aliphatic rings. The van der Waals surface area contributed by atoms with Crippen LogP contribution in [-0.4, -0.2) is 12.6 Å². The van der Waals surface area contributed by atoms with Gasteiger partial charge in [0.05, 0.1) is 33.8 Å². The van der Waals surface area contributed by atoms with Gasteiger partial charge >= 0.3 is 0 Å². The minimum Gasteiger partial charge on any atom is -0.310 e. The zero-order valence-electron chi connectivity index (χ0n) is 47.7. The van der Waals surface area contributed by atoms with Crippen molar-refractivity contribution in [1.82, 2.24) is 4.57 Å². The van der Waals surface area contributed by atoms with Crippen molar-refractivity contribution in [2.75, 3.05) is 9.80 Å². The van der Waals surface area contributed by atoms with Crippen molar-refractivity contribution >= 4 is 84.8 Å². The first-order valence-electron chi connectivity index (χ1n) is 31.9. The van der Waals surface area contributed by atoms with Crippen LogP contribution in [0.15, 0.2) is 249 Å². The van der Waals surface area contributed by atoms with E-state index in [2.05, 4.69) is 263 Å². The van der Waals surface area contributed by atoms with Crippen LogP contribution in [0, 0.1) is 47.3 Å². The molecule has 3 nitrogen and oxygen atoms in total. The van der Waals surface area contributed by atoms with Gasteiger partial charge in [0.25, 0.3) is 0 Å². The second kappa shape index (κ2) is 17.9. The van der Waals surface area contributed by atoms with Crippen LogP contribution in [0.5, 0.6) is 0 Å². The summed E-state index contributed by atoms with van der Waals surface area (Å²) in [6.45, 7) is 0. The van der Waals surface area contributed by atoms with Crippen molar-refractivity contribution in [2.45, 2.75) is 75.0 Å². The standard InChI is InChI=1S/C80H69N3Si/c1-4-20-63(21-5-1)84(64-22-6-2-7-23-64,65-24-8-3-9-25-65)66-26-18-19-60(49-66)81-73-37-35-61(82-75-31-14-10-27-69(75)79(70-28-11-15-32-76(70)82)56-41-52-39-53(43-56)44-57(79)42-52)50-67(73)68-51-62(36-38-74(68)81)83-77-33-16-12-29-71(77)80(72-30-13-17-34-78(72)83)58-45-54-40-55(47-58)48-59(80)46-54/h1-38,49-59H,39-48H2. The van der Waals surface area contributed by atoms with Crippen LogP contribution >= 0.6 is 0 Å². The molecule has 4 heteroatoms. The highest BCUT2D eigenvalue weighted by atomic mass is 28.3. The molecule has 8 saturated carbocycles. The average Bonchev–Trinajstić information content (AvgIpc) is 0.909. The zero-order chi connectivity index (χ0) is 54.9. The fourth-order valence-electron chi connectivity index (χ4n) is 21.3. The van der Waals surface area contributed by atoms with Gasteiger partial charge in [-0.25, -0.2) is 0 Å². The molecule has 408 valence electrons. The van der Waals surface area contributed by atoms with Gasteiger partial charge in [-0.3, -0.25) is 0 Å². The summed E-state index contributed by atoms with van der Waals surface area (Å²) in [6, 6.07) is 97.4. The van der Waals surface area contributed by atoms with Crippen molar-refractivity contribution in [3.8, 4) is 5.69 Å². The van der Waals surface area contributed by atoms with Gasteiger partial charge in [0.1, 0.15) is 0 Å². The lowest BCUT2D eigenvalue weighted by Crippen LogP contribution is -2.74. The second-order valence-corrected chi connectivity index (χ2v) is 31.0. The molecule has 2 aliphatic heterocycles. The minimum atomic E-state index is -2.86. The summed E-state index contributed by atoms with van der Waals surface area (Å²) in [5.74, 6) is 6.29. The highest BCUT2D eigenvalue weighted by molar-refractivity contribution is 7.19. The highest BCUT2D eigenvalue weighted by Gasteiger charge is 2.63. The first-order valence-corrected chi connectivity index (χ1v) is 33.9. The quantitative estimate of drug-likeness (QED) is 0.116. The normalized spacial score (nSPS) is 25.0. The predicted octanol–water partition coefficient (Wildman–Crippen LogP) is 17.2. The van der Waals surface area contributed by atoms with Gasteiger partial charge in [-0.1, -0.05) is 176 Å². The molecule has 8 fully saturated rings. The number of aromatic nitrogens is 1. The Labute approximate surface area is 495 Å². The summed E-state index contributed by atoms with van der Waals surface area (Å²) < 4.78 is 2.60. The molecule has 0 saturated heterocycles. The van der Waals surface area contributed by atoms with E-state index in [-0.39, 0.29) is 10.8 Å². The summed E-state index contributed by atoms with van der Waals surface area (Å²) in [5.41, 5.74) is 17.8. The molecule has 11 aromatic rings. The number of nitrogens with zero attached hydrogens (tertiary/aromatic N) is 3. The molecule has 84 heavy (non-hydrogen) atoms. The Morgan fingerprint density at radius 1 is 0.274 bits per heavy atom. The van der Waals surface area contributed by atoms with Gasteiger partial charge in [0.15, 0.2) is 8.07 Å². The summed E-state index contributed by atoms with van der Waals surface area (Å²) in [6.07, 6.45) is 13.8. The Morgan fingerprint density at radius 3 is 0.952 bits per heavy atom. The van der Waals surface area contributed by atoms with Crippen molar-refractivity contribution < 1.29 is 0 Å². The molecule has 0 atom stereocenters. The van der Waals surface area contributed by atoms with Crippen LogP contribution in [0.3, 0.4) is 0 Å². The lowest BCUT2D eigenvalue weighted by Gasteiger charge is -2.64. The maximum atomic E-state index is 2.66. The van der Waals surface area contributed by atoms with Crippen molar-refractivity contribution in [1.29, 1.82) is 0 Å². The maximum Gasteiger partial charge on any atom is 0.179 e. The molecule has 8 bridgehead atoms. The molecule has 0 unspecified atom stereocenters. The molecule has 21 rings (SSSR count). The van der Waals surface area contributed by atoms with Gasteiger partial charge < -0.3 is 14.4 Å².